The summed E-state index contributed by atoms with van der Waals surface area (Å²) in [5, 5.41) is 6.44. The maximum atomic E-state index is 4.23. The summed E-state index contributed by atoms with van der Waals surface area (Å²) < 4.78 is 4.76. The van der Waals surface area contributed by atoms with E-state index in [2.05, 4.69) is 221 Å². The van der Waals surface area contributed by atoms with E-state index in [0.717, 1.165) is 40.3 Å². The number of fused-ring (bicyclic) bond motifs is 7. The third kappa shape index (κ3) is 5.35. The lowest BCUT2D eigenvalue weighted by Crippen LogP contribution is -2.21. The Morgan fingerprint density at radius 2 is 1.18 bits per heavy atom. The second-order valence-electron chi connectivity index (χ2n) is 15.0. The average molecular weight is 730 g/mol. The maximum absolute atomic E-state index is 4.23. The molecule has 7 aromatic carbocycles. The Morgan fingerprint density at radius 1 is 0.596 bits per heavy atom. The SMILES string of the molecule is C=CC=C(c1cn(-c2ccccc2)c2ccccc12)N(C1=CCC(c2cc3c4ccccc4n4c5ccccc5c(c2)c34)C=C1)c1ccc(-c2ccccc2)cc1. The van der Waals surface area contributed by atoms with Crippen molar-refractivity contribution in [1.29, 1.82) is 0 Å². The molecule has 0 aliphatic heterocycles. The van der Waals surface area contributed by atoms with Gasteiger partial charge in [0, 0.05) is 61.7 Å². The molecule has 0 radical (unpaired) electrons. The second kappa shape index (κ2) is 13.4. The van der Waals surface area contributed by atoms with E-state index in [0.29, 0.717) is 0 Å². The van der Waals surface area contributed by atoms with Gasteiger partial charge in [0.15, 0.2) is 0 Å². The molecular formula is C54H39N3. The second-order valence-corrected chi connectivity index (χ2v) is 15.0. The van der Waals surface area contributed by atoms with Crippen LogP contribution in [0, 0.1) is 0 Å². The standard InChI is InChI=1S/C54H39N3/c1-2-15-51(49-36-55(41-18-7-4-8-19-41)50-23-12-9-22-46(49)50)56(42-30-26-38(27-31-42)37-16-5-3-6-17-37)43-32-28-39(29-33-43)40-34-47-44-20-10-13-24-52(44)57-53-25-14-11-21-45(53)48(35-40)54(47)57/h2-28,30-36,39H,1,29H2. The molecule has 0 bridgehead atoms. The zero-order chi connectivity index (χ0) is 37.9. The van der Waals surface area contributed by atoms with E-state index < -0.39 is 0 Å². The van der Waals surface area contributed by atoms with Crippen LogP contribution >= 0.6 is 0 Å². The van der Waals surface area contributed by atoms with Crippen LogP contribution < -0.4 is 4.90 Å². The Kier molecular flexibility index (Phi) is 7.78. The first-order valence-corrected chi connectivity index (χ1v) is 19.7. The molecule has 0 spiro atoms. The molecule has 1 aliphatic rings. The van der Waals surface area contributed by atoms with Crippen LogP contribution in [0.3, 0.4) is 0 Å². The summed E-state index contributed by atoms with van der Waals surface area (Å²) in [6.45, 7) is 4.23. The van der Waals surface area contributed by atoms with Gasteiger partial charge < -0.3 is 13.9 Å². The predicted octanol–water partition coefficient (Wildman–Crippen LogP) is 14.1. The Morgan fingerprint density at radius 3 is 1.81 bits per heavy atom. The van der Waals surface area contributed by atoms with E-state index in [9.17, 15) is 0 Å². The van der Waals surface area contributed by atoms with Crippen molar-refractivity contribution < 1.29 is 0 Å². The molecule has 3 heterocycles. The molecule has 10 aromatic rings. The number of rotatable bonds is 8. The molecule has 1 atom stereocenters. The summed E-state index contributed by atoms with van der Waals surface area (Å²) in [6.07, 6.45) is 14.4. The number of benzene rings is 7. The maximum Gasteiger partial charge on any atom is 0.0620 e. The number of nitrogens with zero attached hydrogens (tertiary/aromatic N) is 3. The van der Waals surface area contributed by atoms with Gasteiger partial charge in [-0.2, -0.15) is 0 Å². The quantitative estimate of drug-likeness (QED) is 0.142. The molecule has 3 aromatic heterocycles. The minimum Gasteiger partial charge on any atom is -0.316 e. The number of allylic oxidation sites excluding steroid dienone is 5. The summed E-state index contributed by atoms with van der Waals surface area (Å²) in [7, 11) is 0. The molecule has 0 saturated heterocycles. The van der Waals surface area contributed by atoms with E-state index >= 15 is 0 Å². The first-order chi connectivity index (χ1) is 28.2. The van der Waals surface area contributed by atoms with Gasteiger partial charge in [0.05, 0.1) is 27.8 Å². The van der Waals surface area contributed by atoms with Gasteiger partial charge in [-0.3, -0.25) is 0 Å². The normalized spacial score (nSPS) is 14.6. The smallest absolute Gasteiger partial charge is 0.0620 e. The van der Waals surface area contributed by atoms with Crippen LogP contribution in [0.1, 0.15) is 23.5 Å². The lowest BCUT2D eigenvalue weighted by atomic mass is 9.89. The largest absolute Gasteiger partial charge is 0.316 e. The van der Waals surface area contributed by atoms with Crippen molar-refractivity contribution in [2.45, 2.75) is 12.3 Å². The summed E-state index contributed by atoms with van der Waals surface area (Å²) in [5.41, 5.74) is 14.3. The zero-order valence-electron chi connectivity index (χ0n) is 31.5. The fourth-order valence-electron chi connectivity index (χ4n) is 9.15. The fraction of sp³-hybridized carbons (Fsp3) is 0.0370. The van der Waals surface area contributed by atoms with Gasteiger partial charge in [-0.1, -0.05) is 140 Å². The molecule has 0 saturated carbocycles. The van der Waals surface area contributed by atoms with E-state index in [1.54, 1.807) is 0 Å². The molecule has 1 unspecified atom stereocenters. The third-order valence-corrected chi connectivity index (χ3v) is 11.8. The number of hydrogen-bond acceptors (Lipinski definition) is 1. The monoisotopic (exact) mass is 729 g/mol. The van der Waals surface area contributed by atoms with Crippen LogP contribution in [0.4, 0.5) is 5.69 Å². The minimum atomic E-state index is 0.235. The average Bonchev–Trinajstić information content (AvgIpc) is 3.95. The number of anilines is 1. The summed E-state index contributed by atoms with van der Waals surface area (Å²) in [5.74, 6) is 0.235. The molecule has 1 aliphatic carbocycles. The van der Waals surface area contributed by atoms with Crippen LogP contribution in [-0.4, -0.2) is 8.97 Å². The molecule has 270 valence electrons. The molecule has 3 nitrogen and oxygen atoms in total. The molecule has 11 rings (SSSR count). The Balaban J connectivity index is 1.04. The van der Waals surface area contributed by atoms with Gasteiger partial charge >= 0.3 is 0 Å². The van der Waals surface area contributed by atoms with Gasteiger partial charge in [0.2, 0.25) is 0 Å². The van der Waals surface area contributed by atoms with E-state index in [1.165, 1.54) is 60.2 Å². The van der Waals surface area contributed by atoms with Crippen LogP contribution in [0.5, 0.6) is 0 Å². The summed E-state index contributed by atoms with van der Waals surface area (Å²) in [4.78, 5) is 2.41. The highest BCUT2D eigenvalue weighted by Crippen LogP contribution is 2.43. The van der Waals surface area contributed by atoms with Crippen molar-refractivity contribution in [1.82, 2.24) is 8.97 Å². The van der Waals surface area contributed by atoms with Crippen molar-refractivity contribution in [2.24, 2.45) is 0 Å². The van der Waals surface area contributed by atoms with Gasteiger partial charge in [0.25, 0.3) is 0 Å². The molecule has 3 heteroatoms. The number of para-hydroxylation sites is 4. The Hall–Kier alpha value is -7.36. The predicted molar refractivity (Wildman–Crippen MR) is 241 cm³/mol. The van der Waals surface area contributed by atoms with Crippen LogP contribution in [0.15, 0.2) is 219 Å². The first kappa shape index (κ1) is 33.0. The highest BCUT2D eigenvalue weighted by atomic mass is 15.2. The van der Waals surface area contributed by atoms with E-state index in [-0.39, 0.29) is 5.92 Å². The molecule has 57 heavy (non-hydrogen) atoms. The fourth-order valence-corrected chi connectivity index (χ4v) is 9.15. The summed E-state index contributed by atoms with van der Waals surface area (Å²) in [6, 6.07) is 61.4. The zero-order valence-corrected chi connectivity index (χ0v) is 31.5. The Bertz CT molecular complexity index is 3130. The van der Waals surface area contributed by atoms with Crippen molar-refractivity contribution in [3.63, 3.8) is 0 Å². The van der Waals surface area contributed by atoms with Gasteiger partial charge in [-0.05, 0) is 89.9 Å². The number of aromatic nitrogens is 2. The highest BCUT2D eigenvalue weighted by molar-refractivity contribution is 6.23. The van der Waals surface area contributed by atoms with E-state index in [4.69, 9.17) is 0 Å². The third-order valence-electron chi connectivity index (χ3n) is 11.8. The van der Waals surface area contributed by atoms with Crippen LogP contribution in [0.25, 0.3) is 71.5 Å². The van der Waals surface area contributed by atoms with Crippen molar-refractivity contribution >= 4 is 60.4 Å². The molecular weight excluding hydrogens is 691 g/mol. The van der Waals surface area contributed by atoms with Crippen molar-refractivity contribution in [3.05, 3.63) is 230 Å². The van der Waals surface area contributed by atoms with Crippen molar-refractivity contribution in [3.8, 4) is 16.8 Å². The first-order valence-electron chi connectivity index (χ1n) is 19.7. The lowest BCUT2D eigenvalue weighted by Gasteiger charge is -2.31. The highest BCUT2D eigenvalue weighted by Gasteiger charge is 2.25. The van der Waals surface area contributed by atoms with Gasteiger partial charge in [-0.15, -0.1) is 0 Å². The van der Waals surface area contributed by atoms with Gasteiger partial charge in [0.1, 0.15) is 0 Å². The van der Waals surface area contributed by atoms with E-state index in [1.807, 2.05) is 6.08 Å². The topological polar surface area (TPSA) is 12.6 Å². The van der Waals surface area contributed by atoms with Crippen LogP contribution in [-0.2, 0) is 0 Å². The molecule has 0 N–H and O–H groups in total. The minimum absolute atomic E-state index is 0.235. The lowest BCUT2D eigenvalue weighted by molar-refractivity contribution is 0.843. The van der Waals surface area contributed by atoms with Crippen LogP contribution in [0.2, 0.25) is 0 Å². The van der Waals surface area contributed by atoms with Crippen molar-refractivity contribution in [2.75, 3.05) is 4.90 Å². The number of hydrogen-bond donors (Lipinski definition) is 0. The Labute approximate surface area is 332 Å². The summed E-state index contributed by atoms with van der Waals surface area (Å²) >= 11 is 0. The molecule has 0 amide bonds. The van der Waals surface area contributed by atoms with Gasteiger partial charge in [-0.25, -0.2) is 0 Å². The molecule has 0 fully saturated rings.